The number of carbonyl (C=O) groups excluding carboxylic acids is 1. The first-order valence-corrected chi connectivity index (χ1v) is 7.93. The Morgan fingerprint density at radius 1 is 0.952 bits per heavy atom. The maximum absolute atomic E-state index is 12.3. The van der Waals surface area contributed by atoms with Crippen molar-refractivity contribution in [2.75, 3.05) is 0 Å². The Kier molecular flexibility index (Phi) is 5.18. The van der Waals surface area contributed by atoms with E-state index in [-0.39, 0.29) is 11.9 Å². The van der Waals surface area contributed by atoms with Crippen LogP contribution in [0.1, 0.15) is 54.2 Å². The van der Waals surface area contributed by atoms with Crippen LogP contribution in [0.3, 0.4) is 0 Å². The highest BCUT2D eigenvalue weighted by Gasteiger charge is 2.13. The van der Waals surface area contributed by atoms with Gasteiger partial charge in [-0.25, -0.2) is 0 Å². The zero-order valence-corrected chi connectivity index (χ0v) is 14.1. The summed E-state index contributed by atoms with van der Waals surface area (Å²) in [7, 11) is 0. The molecule has 0 bridgehead atoms. The second-order valence-electron chi connectivity index (χ2n) is 5.50. The molecule has 0 saturated carbocycles. The third-order valence-electron chi connectivity index (χ3n) is 3.57. The minimum absolute atomic E-state index is 0.0224. The van der Waals surface area contributed by atoms with Crippen LogP contribution in [-0.4, -0.2) is 5.91 Å². The molecule has 2 nitrogen and oxygen atoms in total. The number of halogens is 1. The molecule has 0 aliphatic heterocycles. The fourth-order valence-corrected chi connectivity index (χ4v) is 2.64. The number of benzene rings is 2. The molecule has 2 aromatic rings. The first-order chi connectivity index (χ1) is 9.99. The Morgan fingerprint density at radius 3 is 2.10 bits per heavy atom. The van der Waals surface area contributed by atoms with E-state index in [2.05, 4.69) is 59.4 Å². The molecular formula is C18H20BrNO. The van der Waals surface area contributed by atoms with Gasteiger partial charge in [-0.1, -0.05) is 50.2 Å². The molecule has 1 atom stereocenters. The van der Waals surface area contributed by atoms with E-state index in [1.165, 1.54) is 5.56 Å². The normalized spacial score (nSPS) is 12.2. The van der Waals surface area contributed by atoms with Crippen molar-refractivity contribution in [3.63, 3.8) is 0 Å². The lowest BCUT2D eigenvalue weighted by molar-refractivity contribution is 0.0939. The lowest BCUT2D eigenvalue weighted by Crippen LogP contribution is -2.26. The van der Waals surface area contributed by atoms with Gasteiger partial charge in [0.15, 0.2) is 0 Å². The summed E-state index contributed by atoms with van der Waals surface area (Å²) < 4.78 is 0.810. The lowest BCUT2D eigenvalue weighted by Gasteiger charge is -2.16. The maximum atomic E-state index is 12.3. The molecule has 2 rings (SSSR count). The van der Waals surface area contributed by atoms with E-state index in [0.29, 0.717) is 11.5 Å². The van der Waals surface area contributed by atoms with Crippen LogP contribution in [0.15, 0.2) is 53.0 Å². The molecule has 1 unspecified atom stereocenters. The van der Waals surface area contributed by atoms with Gasteiger partial charge in [0.25, 0.3) is 5.91 Å². The van der Waals surface area contributed by atoms with Crippen LogP contribution < -0.4 is 5.32 Å². The quantitative estimate of drug-likeness (QED) is 0.823. The number of hydrogen-bond donors (Lipinski definition) is 1. The van der Waals surface area contributed by atoms with E-state index in [4.69, 9.17) is 0 Å². The van der Waals surface area contributed by atoms with Crippen LogP contribution in [0.4, 0.5) is 0 Å². The summed E-state index contributed by atoms with van der Waals surface area (Å²) in [5.74, 6) is 0.451. The monoisotopic (exact) mass is 345 g/mol. The van der Waals surface area contributed by atoms with Gasteiger partial charge in [0.05, 0.1) is 11.6 Å². The number of rotatable bonds is 4. The average Bonchev–Trinajstić information content (AvgIpc) is 2.47. The second-order valence-corrected chi connectivity index (χ2v) is 6.35. The summed E-state index contributed by atoms with van der Waals surface area (Å²) in [5.41, 5.74) is 3.08. The second kappa shape index (κ2) is 6.90. The molecule has 1 amide bonds. The first kappa shape index (κ1) is 15.8. The molecule has 110 valence electrons. The highest BCUT2D eigenvalue weighted by atomic mass is 79.9. The van der Waals surface area contributed by atoms with E-state index in [0.717, 1.165) is 10.0 Å². The zero-order chi connectivity index (χ0) is 15.4. The Labute approximate surface area is 134 Å². The summed E-state index contributed by atoms with van der Waals surface area (Å²) in [5, 5.41) is 3.03. The predicted molar refractivity (Wildman–Crippen MR) is 90.6 cm³/mol. The summed E-state index contributed by atoms with van der Waals surface area (Å²) >= 11 is 3.41. The molecular weight excluding hydrogens is 326 g/mol. The molecule has 0 spiro atoms. The fourth-order valence-electron chi connectivity index (χ4n) is 2.17. The van der Waals surface area contributed by atoms with Crippen molar-refractivity contribution < 1.29 is 4.79 Å². The fraction of sp³-hybridized carbons (Fsp3) is 0.278. The Balaban J connectivity index is 2.09. The van der Waals surface area contributed by atoms with Gasteiger partial charge in [0, 0.05) is 4.47 Å². The van der Waals surface area contributed by atoms with E-state index < -0.39 is 0 Å². The Hall–Kier alpha value is -1.61. The van der Waals surface area contributed by atoms with Gasteiger partial charge in [-0.2, -0.15) is 0 Å². The molecule has 0 heterocycles. The highest BCUT2D eigenvalue weighted by molar-refractivity contribution is 9.10. The highest BCUT2D eigenvalue weighted by Crippen LogP contribution is 2.20. The number of nitrogens with one attached hydrogen (secondary N) is 1. The third-order valence-corrected chi connectivity index (χ3v) is 4.26. The number of carbonyl (C=O) groups is 1. The van der Waals surface area contributed by atoms with E-state index in [1.807, 2.05) is 31.2 Å². The minimum atomic E-state index is -0.0667. The van der Waals surface area contributed by atoms with Crippen LogP contribution in [0, 0.1) is 0 Å². The van der Waals surface area contributed by atoms with Gasteiger partial charge < -0.3 is 5.32 Å². The Bertz CT molecular complexity index is 619. The van der Waals surface area contributed by atoms with Crippen molar-refractivity contribution >= 4 is 21.8 Å². The zero-order valence-electron chi connectivity index (χ0n) is 12.6. The summed E-state index contributed by atoms with van der Waals surface area (Å²) in [6.45, 7) is 6.35. The van der Waals surface area contributed by atoms with E-state index in [9.17, 15) is 4.79 Å². The lowest BCUT2D eigenvalue weighted by atomic mass is 9.99. The standard InChI is InChI=1S/C18H20BrNO/c1-12(2)14-8-10-15(11-9-14)13(3)20-18(21)16-6-4-5-7-17(16)19/h4-13H,1-3H3,(H,20,21). The van der Waals surface area contributed by atoms with Crippen LogP contribution in [0.2, 0.25) is 0 Å². The minimum Gasteiger partial charge on any atom is -0.345 e. The summed E-state index contributed by atoms with van der Waals surface area (Å²) in [6, 6.07) is 15.8. The average molecular weight is 346 g/mol. The van der Waals surface area contributed by atoms with E-state index in [1.54, 1.807) is 0 Å². The number of hydrogen-bond acceptors (Lipinski definition) is 1. The van der Waals surface area contributed by atoms with Crippen LogP contribution >= 0.6 is 15.9 Å². The van der Waals surface area contributed by atoms with Crippen molar-refractivity contribution in [3.05, 3.63) is 69.7 Å². The van der Waals surface area contributed by atoms with Gasteiger partial charge in [0.2, 0.25) is 0 Å². The molecule has 0 aliphatic carbocycles. The topological polar surface area (TPSA) is 29.1 Å². The molecule has 0 aliphatic rings. The van der Waals surface area contributed by atoms with Gasteiger partial charge in [-0.15, -0.1) is 0 Å². The maximum Gasteiger partial charge on any atom is 0.252 e. The molecule has 1 N–H and O–H groups in total. The summed E-state index contributed by atoms with van der Waals surface area (Å²) in [6.07, 6.45) is 0. The predicted octanol–water partition coefficient (Wildman–Crippen LogP) is 5.06. The van der Waals surface area contributed by atoms with Crippen LogP contribution in [-0.2, 0) is 0 Å². The first-order valence-electron chi connectivity index (χ1n) is 7.14. The largest absolute Gasteiger partial charge is 0.345 e. The van der Waals surface area contributed by atoms with Crippen LogP contribution in [0.5, 0.6) is 0 Å². The van der Waals surface area contributed by atoms with Crippen molar-refractivity contribution in [2.24, 2.45) is 0 Å². The molecule has 2 aromatic carbocycles. The Morgan fingerprint density at radius 2 is 1.52 bits per heavy atom. The van der Waals surface area contributed by atoms with Crippen molar-refractivity contribution in [3.8, 4) is 0 Å². The molecule has 0 radical (unpaired) electrons. The molecule has 0 aromatic heterocycles. The SMILES string of the molecule is CC(C)c1ccc(C(C)NC(=O)c2ccccc2Br)cc1. The smallest absolute Gasteiger partial charge is 0.252 e. The molecule has 3 heteroatoms. The van der Waals surface area contributed by atoms with Gasteiger partial charge in [-0.05, 0) is 52.0 Å². The molecule has 21 heavy (non-hydrogen) atoms. The van der Waals surface area contributed by atoms with Crippen molar-refractivity contribution in [2.45, 2.75) is 32.7 Å². The van der Waals surface area contributed by atoms with Crippen molar-refractivity contribution in [1.82, 2.24) is 5.32 Å². The van der Waals surface area contributed by atoms with Gasteiger partial charge in [-0.3, -0.25) is 4.79 Å². The van der Waals surface area contributed by atoms with Crippen molar-refractivity contribution in [1.29, 1.82) is 0 Å². The number of amides is 1. The molecule has 0 saturated heterocycles. The van der Waals surface area contributed by atoms with E-state index >= 15 is 0 Å². The summed E-state index contributed by atoms with van der Waals surface area (Å²) in [4.78, 5) is 12.3. The molecule has 0 fully saturated rings. The third kappa shape index (κ3) is 3.94. The van der Waals surface area contributed by atoms with Gasteiger partial charge >= 0.3 is 0 Å². The van der Waals surface area contributed by atoms with Gasteiger partial charge in [0.1, 0.15) is 0 Å². The van der Waals surface area contributed by atoms with Crippen LogP contribution in [0.25, 0.3) is 0 Å².